The van der Waals surface area contributed by atoms with Gasteiger partial charge in [0.2, 0.25) is 0 Å². The van der Waals surface area contributed by atoms with Crippen LogP contribution in [0.3, 0.4) is 0 Å². The van der Waals surface area contributed by atoms with Gasteiger partial charge in [-0.3, -0.25) is 0 Å². The summed E-state index contributed by atoms with van der Waals surface area (Å²) >= 11 is 0. The van der Waals surface area contributed by atoms with Crippen LogP contribution in [0.5, 0.6) is 0 Å². The molecule has 4 aromatic carbocycles. The van der Waals surface area contributed by atoms with Gasteiger partial charge in [-0.25, -0.2) is 0 Å². The molecule has 0 bridgehead atoms. The van der Waals surface area contributed by atoms with Crippen molar-refractivity contribution in [3.8, 4) is 0 Å². The Kier molecular flexibility index (Phi) is 7.79. The molecule has 0 aliphatic carbocycles. The molecule has 0 amide bonds. The van der Waals surface area contributed by atoms with Crippen molar-refractivity contribution >= 4 is 10.8 Å². The average Bonchev–Trinajstić information content (AvgIpc) is 2.99. The number of hydrogen-bond acceptors (Lipinski definition) is 6. The molecule has 6 atom stereocenters. The Bertz CT molecular complexity index is 1310. The largest absolute Gasteiger partial charge is 0.368 e. The molecule has 0 aromatic heterocycles. The maximum absolute atomic E-state index is 6.59. The normalized spacial score (nSPS) is 27.2. The Hall–Kier alpha value is -3.10. The van der Waals surface area contributed by atoms with E-state index in [1.165, 1.54) is 5.39 Å². The van der Waals surface area contributed by atoms with E-state index in [4.69, 9.17) is 28.4 Å². The summed E-state index contributed by atoms with van der Waals surface area (Å²) < 4.78 is 37.8. The van der Waals surface area contributed by atoms with Gasteiger partial charge >= 0.3 is 0 Å². The maximum Gasteiger partial charge on any atom is 0.186 e. The predicted molar refractivity (Wildman–Crippen MR) is 143 cm³/mol. The lowest BCUT2D eigenvalue weighted by Gasteiger charge is -2.48. The fourth-order valence-corrected chi connectivity index (χ4v) is 5.16. The Morgan fingerprint density at radius 2 is 1.32 bits per heavy atom. The number of hydrogen-bond donors (Lipinski definition) is 0. The van der Waals surface area contributed by atoms with Gasteiger partial charge in [-0.15, -0.1) is 0 Å². The zero-order chi connectivity index (χ0) is 25.7. The minimum Gasteiger partial charge on any atom is -0.368 e. The first-order valence-corrected chi connectivity index (χ1v) is 13.0. The molecule has 38 heavy (non-hydrogen) atoms. The Balaban J connectivity index is 1.27. The number of fused-ring (bicyclic) bond motifs is 2. The third-order valence-corrected chi connectivity index (χ3v) is 7.13. The summed E-state index contributed by atoms with van der Waals surface area (Å²) in [5.74, 6) is 0. The van der Waals surface area contributed by atoms with Crippen LogP contribution in [-0.2, 0) is 41.6 Å². The van der Waals surface area contributed by atoms with Crippen LogP contribution < -0.4 is 0 Å². The highest BCUT2D eigenvalue weighted by molar-refractivity contribution is 5.83. The molecular weight excluding hydrogens is 480 g/mol. The third-order valence-electron chi connectivity index (χ3n) is 7.13. The van der Waals surface area contributed by atoms with Gasteiger partial charge in [-0.2, -0.15) is 0 Å². The first kappa shape index (κ1) is 25.2. The summed E-state index contributed by atoms with van der Waals surface area (Å²) in [5, 5.41) is 2.31. The van der Waals surface area contributed by atoms with Gasteiger partial charge < -0.3 is 28.4 Å². The summed E-state index contributed by atoms with van der Waals surface area (Å²) in [5.41, 5.74) is 3.09. The van der Waals surface area contributed by atoms with E-state index < -0.39 is 30.9 Å². The highest BCUT2D eigenvalue weighted by Crippen LogP contribution is 2.37. The topological polar surface area (TPSA) is 55.4 Å². The Morgan fingerprint density at radius 3 is 2.00 bits per heavy atom. The van der Waals surface area contributed by atoms with Crippen molar-refractivity contribution in [2.45, 2.75) is 50.2 Å². The molecule has 0 spiro atoms. The van der Waals surface area contributed by atoms with E-state index in [0.717, 1.165) is 22.1 Å². The summed E-state index contributed by atoms with van der Waals surface area (Å²) in [4.78, 5) is 0. The summed E-state index contributed by atoms with van der Waals surface area (Å²) in [6.45, 7) is 1.18. The van der Waals surface area contributed by atoms with E-state index in [1.54, 1.807) is 7.11 Å². The minimum absolute atomic E-state index is 0.353. The molecule has 0 saturated carbocycles. The molecule has 6 heteroatoms. The van der Waals surface area contributed by atoms with Crippen molar-refractivity contribution in [1.82, 2.24) is 0 Å². The van der Waals surface area contributed by atoms with E-state index in [1.807, 2.05) is 72.8 Å². The number of benzene rings is 4. The van der Waals surface area contributed by atoms with E-state index in [9.17, 15) is 0 Å². The lowest BCUT2D eigenvalue weighted by Crippen LogP contribution is -2.63. The van der Waals surface area contributed by atoms with Crippen LogP contribution >= 0.6 is 0 Å². The van der Waals surface area contributed by atoms with Gasteiger partial charge in [0.25, 0.3) is 0 Å². The zero-order valence-electron chi connectivity index (χ0n) is 21.3. The van der Waals surface area contributed by atoms with Crippen molar-refractivity contribution < 1.29 is 28.4 Å². The van der Waals surface area contributed by atoms with Crippen molar-refractivity contribution in [2.24, 2.45) is 0 Å². The van der Waals surface area contributed by atoms with Gasteiger partial charge in [0.05, 0.1) is 19.8 Å². The van der Waals surface area contributed by atoms with Crippen LogP contribution in [0.2, 0.25) is 0 Å². The first-order valence-electron chi connectivity index (χ1n) is 13.0. The predicted octanol–water partition coefficient (Wildman–Crippen LogP) is 5.80. The van der Waals surface area contributed by atoms with E-state index in [2.05, 4.69) is 30.3 Å². The van der Waals surface area contributed by atoms with Crippen LogP contribution in [0, 0.1) is 0 Å². The zero-order valence-corrected chi connectivity index (χ0v) is 21.3. The van der Waals surface area contributed by atoms with E-state index in [-0.39, 0.29) is 6.10 Å². The van der Waals surface area contributed by atoms with Crippen LogP contribution in [-0.4, -0.2) is 44.4 Å². The lowest BCUT2D eigenvalue weighted by atomic mass is 9.96. The second kappa shape index (κ2) is 11.7. The summed E-state index contributed by atoms with van der Waals surface area (Å²) in [7, 11) is 1.63. The quantitative estimate of drug-likeness (QED) is 0.298. The first-order chi connectivity index (χ1) is 18.8. The monoisotopic (exact) mass is 512 g/mol. The van der Waals surface area contributed by atoms with Crippen molar-refractivity contribution in [3.63, 3.8) is 0 Å². The molecule has 0 radical (unpaired) electrons. The average molecular weight is 513 g/mol. The van der Waals surface area contributed by atoms with Gasteiger partial charge in [0.1, 0.15) is 24.4 Å². The van der Waals surface area contributed by atoms with Crippen molar-refractivity contribution in [3.05, 3.63) is 120 Å². The molecule has 4 aromatic rings. The molecule has 2 aliphatic rings. The number of ether oxygens (including phenoxy) is 6. The van der Waals surface area contributed by atoms with Gasteiger partial charge in [0.15, 0.2) is 12.6 Å². The molecule has 1 unspecified atom stereocenters. The number of methoxy groups -OCH3 is 1. The fraction of sp³-hybridized carbons (Fsp3) is 0.312. The van der Waals surface area contributed by atoms with Gasteiger partial charge in [0, 0.05) is 12.7 Å². The van der Waals surface area contributed by atoms with E-state index in [0.29, 0.717) is 19.8 Å². The second-order valence-corrected chi connectivity index (χ2v) is 9.67. The molecule has 6 rings (SSSR count). The molecule has 0 N–H and O–H groups in total. The summed E-state index contributed by atoms with van der Waals surface area (Å²) in [6.07, 6.45) is -2.86. The standard InChI is InChI=1S/C32H32O6/c1-33-32-30(35-20-23-12-6-3-7-13-23)29(34-19-22-10-4-2-5-11-22)28-27(37-32)21-36-31(38-28)26-17-16-24-14-8-9-15-25(24)18-26/h2-18,27-32H,19-21H2,1H3/t27-,28+,29+,30-,31?,32-/m1/s1. The summed E-state index contributed by atoms with van der Waals surface area (Å²) in [6, 6.07) is 34.7. The molecule has 2 fully saturated rings. The van der Waals surface area contributed by atoms with Crippen molar-refractivity contribution in [2.75, 3.05) is 13.7 Å². The smallest absolute Gasteiger partial charge is 0.186 e. The lowest BCUT2D eigenvalue weighted by molar-refractivity contribution is -0.369. The van der Waals surface area contributed by atoms with Crippen molar-refractivity contribution in [1.29, 1.82) is 0 Å². The maximum atomic E-state index is 6.59. The molecule has 2 heterocycles. The van der Waals surface area contributed by atoms with Crippen LogP contribution in [0.25, 0.3) is 10.8 Å². The molecule has 2 aliphatic heterocycles. The molecule has 2 saturated heterocycles. The molecule has 6 nitrogen and oxygen atoms in total. The highest BCUT2D eigenvalue weighted by atomic mass is 16.8. The minimum atomic E-state index is -0.620. The van der Waals surface area contributed by atoms with Crippen LogP contribution in [0.4, 0.5) is 0 Å². The van der Waals surface area contributed by atoms with Crippen LogP contribution in [0.15, 0.2) is 103 Å². The van der Waals surface area contributed by atoms with Gasteiger partial charge in [-0.1, -0.05) is 97.1 Å². The molecule has 196 valence electrons. The third kappa shape index (κ3) is 5.52. The Labute approximate surface area is 223 Å². The van der Waals surface area contributed by atoms with Crippen LogP contribution in [0.1, 0.15) is 23.0 Å². The number of rotatable bonds is 8. The fourth-order valence-electron chi connectivity index (χ4n) is 5.16. The Morgan fingerprint density at radius 1 is 0.684 bits per heavy atom. The second-order valence-electron chi connectivity index (χ2n) is 9.67. The van der Waals surface area contributed by atoms with Gasteiger partial charge in [-0.05, 0) is 28.0 Å². The van der Waals surface area contributed by atoms with E-state index >= 15 is 0 Å². The highest BCUT2D eigenvalue weighted by Gasteiger charge is 2.51. The SMILES string of the molecule is CO[C@@H]1O[C@@H]2COC(c3ccc4ccccc4c3)O[C@@H]2[C@H](OCc2ccccc2)[C@H]1OCc1ccccc1. The molecular formula is C32H32O6.